The fraction of sp³-hybridized carbons (Fsp3) is 0.633. The van der Waals surface area contributed by atoms with Gasteiger partial charge in [-0.1, -0.05) is 30.7 Å². The lowest BCUT2D eigenvalue weighted by molar-refractivity contribution is -0.134. The van der Waals surface area contributed by atoms with Gasteiger partial charge < -0.3 is 30.1 Å². The molecule has 5 atom stereocenters. The van der Waals surface area contributed by atoms with Gasteiger partial charge in [0.05, 0.1) is 23.8 Å². The maximum absolute atomic E-state index is 14.2. The molecule has 0 spiro atoms. The summed E-state index contributed by atoms with van der Waals surface area (Å²) in [5.41, 5.74) is 2.22. The van der Waals surface area contributed by atoms with Crippen LogP contribution in [0.15, 0.2) is 30.6 Å². The number of halogens is 1. The Labute approximate surface area is 240 Å². The van der Waals surface area contributed by atoms with Crippen LogP contribution >= 0.6 is 11.6 Å². The minimum Gasteiger partial charge on any atom is -0.395 e. The summed E-state index contributed by atoms with van der Waals surface area (Å²) in [4.78, 5) is 27.4. The first-order valence-corrected chi connectivity index (χ1v) is 15.1. The molecule has 1 aromatic heterocycles. The van der Waals surface area contributed by atoms with Gasteiger partial charge in [0.25, 0.3) is 0 Å². The number of benzene rings is 1. The van der Waals surface area contributed by atoms with E-state index in [2.05, 4.69) is 27.1 Å². The standard InChI is InChI=1S/C30H40ClN5O4/c1-19-14-25(38)27-26(19)28(34-18-33-27)35-8-10-36(11-9-35)29(39)30(21-2-4-23(31)5-3-21)15-22(30)16-32-24(17-37)20-6-12-40-13-7-20/h2-5,18-20,22,24-25,32,37-38H,6-17H2,1H3/t19-,22?,24?,25-,30?/m1/s1. The van der Waals surface area contributed by atoms with Crippen molar-refractivity contribution in [3.05, 3.63) is 52.4 Å². The van der Waals surface area contributed by atoms with Crippen molar-refractivity contribution < 1.29 is 19.7 Å². The summed E-state index contributed by atoms with van der Waals surface area (Å²) in [5.74, 6) is 1.81. The molecule has 1 amide bonds. The van der Waals surface area contributed by atoms with Gasteiger partial charge in [-0.2, -0.15) is 0 Å². The van der Waals surface area contributed by atoms with Crippen LogP contribution in [0.2, 0.25) is 5.02 Å². The summed E-state index contributed by atoms with van der Waals surface area (Å²) in [7, 11) is 0. The molecule has 2 aromatic rings. The zero-order chi connectivity index (χ0) is 27.9. The summed E-state index contributed by atoms with van der Waals surface area (Å²) in [6, 6.07) is 7.75. The third kappa shape index (κ3) is 5.11. The average molecular weight is 570 g/mol. The molecule has 3 unspecified atom stereocenters. The number of hydrogen-bond donors (Lipinski definition) is 3. The average Bonchev–Trinajstić information content (AvgIpc) is 3.65. The molecular weight excluding hydrogens is 530 g/mol. The fourth-order valence-corrected chi connectivity index (χ4v) is 7.34. The van der Waals surface area contributed by atoms with Gasteiger partial charge in [0, 0.05) is 56.0 Å². The van der Waals surface area contributed by atoms with E-state index in [4.69, 9.17) is 16.3 Å². The van der Waals surface area contributed by atoms with E-state index in [9.17, 15) is 15.0 Å². The van der Waals surface area contributed by atoms with E-state index in [0.29, 0.717) is 50.1 Å². The van der Waals surface area contributed by atoms with Crippen molar-refractivity contribution in [2.45, 2.75) is 56.1 Å². The van der Waals surface area contributed by atoms with E-state index < -0.39 is 11.5 Å². The minimum absolute atomic E-state index is 0.0153. The smallest absolute Gasteiger partial charge is 0.233 e. The zero-order valence-electron chi connectivity index (χ0n) is 23.1. The molecule has 9 nitrogen and oxygen atoms in total. The molecule has 3 heterocycles. The highest BCUT2D eigenvalue weighted by Crippen LogP contribution is 2.55. The third-order valence-corrected chi connectivity index (χ3v) is 9.90. The maximum Gasteiger partial charge on any atom is 0.233 e. The lowest BCUT2D eigenvalue weighted by Crippen LogP contribution is -2.52. The number of nitrogens with zero attached hydrogens (tertiary/aromatic N) is 4. The largest absolute Gasteiger partial charge is 0.395 e. The first kappa shape index (κ1) is 27.8. The number of amides is 1. The van der Waals surface area contributed by atoms with Crippen LogP contribution in [0.1, 0.15) is 61.4 Å². The second kappa shape index (κ2) is 11.5. The van der Waals surface area contributed by atoms with Crippen molar-refractivity contribution >= 4 is 23.3 Å². The quantitative estimate of drug-likeness (QED) is 0.445. The van der Waals surface area contributed by atoms with Gasteiger partial charge in [-0.25, -0.2) is 9.97 Å². The number of piperazine rings is 1. The SMILES string of the molecule is C[C@@H]1C[C@@H](O)c2ncnc(N3CCN(C(=O)C4(c5ccc(Cl)cc5)CC4CNC(CO)C4CCOCC4)CC3)c21. The normalized spacial score (nSPS) is 29.4. The van der Waals surface area contributed by atoms with E-state index in [0.717, 1.165) is 55.1 Å². The van der Waals surface area contributed by atoms with Gasteiger partial charge in [0.2, 0.25) is 5.91 Å². The van der Waals surface area contributed by atoms with Crippen LogP contribution in [-0.4, -0.2) is 89.6 Å². The zero-order valence-corrected chi connectivity index (χ0v) is 23.9. The summed E-state index contributed by atoms with van der Waals surface area (Å²) in [6.45, 7) is 6.97. The number of carbonyl (C=O) groups is 1. The molecule has 216 valence electrons. The Hall–Kier alpha value is -2.30. The molecule has 1 saturated carbocycles. The van der Waals surface area contributed by atoms with Crippen molar-refractivity contribution in [1.82, 2.24) is 20.2 Å². The third-order valence-electron chi connectivity index (χ3n) is 9.65. The van der Waals surface area contributed by atoms with E-state index in [1.807, 2.05) is 29.2 Å². The molecule has 3 N–H and O–H groups in total. The summed E-state index contributed by atoms with van der Waals surface area (Å²) in [6.07, 6.45) is 4.35. The first-order chi connectivity index (χ1) is 19.4. The van der Waals surface area contributed by atoms with Crippen LogP contribution in [0, 0.1) is 11.8 Å². The molecule has 6 rings (SSSR count). The number of rotatable bonds is 8. The van der Waals surface area contributed by atoms with Gasteiger partial charge in [0.1, 0.15) is 12.1 Å². The van der Waals surface area contributed by atoms with Gasteiger partial charge in [0.15, 0.2) is 0 Å². The van der Waals surface area contributed by atoms with Gasteiger partial charge in [-0.3, -0.25) is 4.79 Å². The highest BCUT2D eigenvalue weighted by atomic mass is 35.5. The van der Waals surface area contributed by atoms with Crippen LogP contribution in [-0.2, 0) is 14.9 Å². The first-order valence-electron chi connectivity index (χ1n) is 14.7. The Balaban J connectivity index is 1.15. The van der Waals surface area contributed by atoms with E-state index >= 15 is 0 Å². The highest BCUT2D eigenvalue weighted by molar-refractivity contribution is 6.30. The van der Waals surface area contributed by atoms with Crippen LogP contribution in [0.3, 0.4) is 0 Å². The van der Waals surface area contributed by atoms with Crippen molar-refractivity contribution in [3.8, 4) is 0 Å². The van der Waals surface area contributed by atoms with Crippen molar-refractivity contribution in [2.75, 3.05) is 57.4 Å². The predicted octanol–water partition coefficient (Wildman–Crippen LogP) is 2.65. The van der Waals surface area contributed by atoms with E-state index in [1.54, 1.807) is 6.33 Å². The van der Waals surface area contributed by atoms with Crippen molar-refractivity contribution in [3.63, 3.8) is 0 Å². The Morgan fingerprint density at radius 2 is 1.90 bits per heavy atom. The highest BCUT2D eigenvalue weighted by Gasteiger charge is 2.62. The number of nitrogens with one attached hydrogen (secondary N) is 1. The lowest BCUT2D eigenvalue weighted by atomic mass is 9.90. The fourth-order valence-electron chi connectivity index (χ4n) is 7.21. The molecular formula is C30H40ClN5O4. The summed E-state index contributed by atoms with van der Waals surface area (Å²) in [5, 5.41) is 24.8. The monoisotopic (exact) mass is 569 g/mol. The lowest BCUT2D eigenvalue weighted by Gasteiger charge is -2.38. The van der Waals surface area contributed by atoms with Gasteiger partial charge in [-0.15, -0.1) is 0 Å². The molecule has 2 saturated heterocycles. The van der Waals surface area contributed by atoms with Crippen LogP contribution in [0.4, 0.5) is 5.82 Å². The maximum atomic E-state index is 14.2. The Kier molecular flexibility index (Phi) is 8.03. The summed E-state index contributed by atoms with van der Waals surface area (Å²) >= 11 is 6.21. The van der Waals surface area contributed by atoms with Crippen LogP contribution < -0.4 is 10.2 Å². The second-order valence-corrected chi connectivity index (χ2v) is 12.4. The molecule has 0 radical (unpaired) electrons. The van der Waals surface area contributed by atoms with E-state index in [1.165, 1.54) is 0 Å². The van der Waals surface area contributed by atoms with Crippen molar-refractivity contribution in [1.29, 1.82) is 0 Å². The van der Waals surface area contributed by atoms with E-state index in [-0.39, 0.29) is 30.4 Å². The second-order valence-electron chi connectivity index (χ2n) is 12.0. The molecule has 10 heteroatoms. The number of fused-ring (bicyclic) bond motifs is 1. The molecule has 2 aliphatic heterocycles. The number of hydrogen-bond acceptors (Lipinski definition) is 8. The number of carbonyl (C=O) groups excluding carboxylic acids is 1. The predicted molar refractivity (Wildman–Crippen MR) is 152 cm³/mol. The molecule has 2 aliphatic carbocycles. The molecule has 1 aromatic carbocycles. The number of aliphatic hydroxyl groups excluding tert-OH is 2. The van der Waals surface area contributed by atoms with Gasteiger partial charge >= 0.3 is 0 Å². The number of anilines is 1. The topological polar surface area (TPSA) is 111 Å². The number of ether oxygens (including phenoxy) is 1. The minimum atomic E-state index is -0.579. The number of aliphatic hydroxyl groups is 2. The molecule has 40 heavy (non-hydrogen) atoms. The van der Waals surface area contributed by atoms with Crippen LogP contribution in [0.25, 0.3) is 0 Å². The van der Waals surface area contributed by atoms with Gasteiger partial charge in [-0.05, 0) is 67.7 Å². The van der Waals surface area contributed by atoms with Crippen LogP contribution in [0.5, 0.6) is 0 Å². The Morgan fingerprint density at radius 1 is 1.18 bits per heavy atom. The van der Waals surface area contributed by atoms with Crippen molar-refractivity contribution in [2.24, 2.45) is 11.8 Å². The number of aromatic nitrogens is 2. The Bertz CT molecular complexity index is 1200. The molecule has 3 fully saturated rings. The molecule has 0 bridgehead atoms. The molecule has 4 aliphatic rings. The Morgan fingerprint density at radius 3 is 2.60 bits per heavy atom. The summed E-state index contributed by atoms with van der Waals surface area (Å²) < 4.78 is 5.51.